The molecule has 0 aliphatic carbocycles. The van der Waals surface area contributed by atoms with Crippen molar-refractivity contribution >= 4 is 90.7 Å². The zero-order valence-corrected chi connectivity index (χ0v) is 50.3. The molecule has 0 N–H and O–H groups in total. The van der Waals surface area contributed by atoms with Crippen LogP contribution in [0.3, 0.4) is 0 Å². The van der Waals surface area contributed by atoms with Crippen LogP contribution in [-0.2, 0) is 45.9 Å². The molecule has 0 bridgehead atoms. The van der Waals surface area contributed by atoms with E-state index in [0.717, 1.165) is 72.9 Å². The van der Waals surface area contributed by atoms with Gasteiger partial charge in [-0.25, -0.2) is 16.8 Å². The Hall–Kier alpha value is -1.21. The summed E-state index contributed by atoms with van der Waals surface area (Å²) in [6.45, 7) is 8.99. The molecule has 384 valence electrons. The molecule has 0 amide bonds. The smallest absolute Gasteiger partial charge is 0.744 e. The van der Waals surface area contributed by atoms with Crippen molar-refractivity contribution in [3.63, 3.8) is 0 Å². The van der Waals surface area contributed by atoms with Gasteiger partial charge in [0, 0.05) is 0 Å². The minimum atomic E-state index is -4.45. The maximum Gasteiger partial charge on any atom is 2.00 e. The molecule has 0 radical (unpaired) electrons. The summed E-state index contributed by atoms with van der Waals surface area (Å²) in [5.74, 6) is 0. The minimum Gasteiger partial charge on any atom is -0.744 e. The molecule has 0 aromatic heterocycles. The molecule has 0 saturated carbocycles. The van der Waals surface area contributed by atoms with E-state index in [1.54, 1.807) is 12.1 Å². The van der Waals surface area contributed by atoms with Crippen LogP contribution in [0.4, 0.5) is 0 Å². The van der Waals surface area contributed by atoms with Gasteiger partial charge in [0.05, 0.1) is 9.79 Å². The van der Waals surface area contributed by atoms with Crippen LogP contribution in [0.2, 0.25) is 0 Å². The molecule has 69 heavy (non-hydrogen) atoms. The van der Waals surface area contributed by atoms with Crippen LogP contribution in [0.25, 0.3) is 21.5 Å². The summed E-state index contributed by atoms with van der Waals surface area (Å²) < 4.78 is 70.0. The Labute approximate surface area is 463 Å². The Kier molecular flexibility index (Phi) is 35.5. The van der Waals surface area contributed by atoms with Crippen molar-refractivity contribution in [2.24, 2.45) is 0 Å². The molecule has 4 rings (SSSR count). The predicted molar refractivity (Wildman–Crippen MR) is 295 cm³/mol. The van der Waals surface area contributed by atoms with Crippen molar-refractivity contribution in [3.8, 4) is 0 Å². The molecule has 0 unspecified atom stereocenters. The van der Waals surface area contributed by atoms with Crippen molar-refractivity contribution in [1.82, 2.24) is 0 Å². The summed E-state index contributed by atoms with van der Waals surface area (Å²) in [4.78, 5) is -0.220. The first-order chi connectivity index (χ1) is 32.9. The van der Waals surface area contributed by atoms with Gasteiger partial charge in [0.1, 0.15) is 20.2 Å². The van der Waals surface area contributed by atoms with E-state index in [1.807, 2.05) is 12.1 Å². The summed E-state index contributed by atoms with van der Waals surface area (Å²) in [7, 11) is -8.90. The van der Waals surface area contributed by atoms with E-state index in [-0.39, 0.29) is 58.7 Å². The van der Waals surface area contributed by atoms with Crippen LogP contribution in [-0.4, -0.2) is 74.8 Å². The fourth-order valence-electron chi connectivity index (χ4n) is 9.88. The number of rotatable bonds is 38. The van der Waals surface area contributed by atoms with Crippen molar-refractivity contribution in [3.05, 3.63) is 82.9 Å². The third-order valence-corrected chi connectivity index (χ3v) is 15.8. The van der Waals surface area contributed by atoms with Crippen molar-refractivity contribution in [1.29, 1.82) is 0 Å². The molecule has 0 atom stereocenters. The quantitative estimate of drug-likeness (QED) is 0.0251. The Morgan fingerprint density at radius 3 is 0.710 bits per heavy atom. The Morgan fingerprint density at radius 1 is 0.290 bits per heavy atom. The van der Waals surface area contributed by atoms with Gasteiger partial charge in [0.25, 0.3) is 0 Å². The van der Waals surface area contributed by atoms with Gasteiger partial charge >= 0.3 is 48.9 Å². The van der Waals surface area contributed by atoms with Crippen molar-refractivity contribution in [2.45, 2.75) is 269 Å². The largest absolute Gasteiger partial charge is 2.00 e. The molecular weight excluding hydrogens is 1020 g/mol. The first kappa shape index (κ1) is 63.9. The molecule has 4 aromatic rings. The second kappa shape index (κ2) is 38.4. The van der Waals surface area contributed by atoms with Gasteiger partial charge in [-0.15, -0.1) is 0 Å². The van der Waals surface area contributed by atoms with Gasteiger partial charge in [0.15, 0.2) is 0 Å². The third kappa shape index (κ3) is 26.5. The van der Waals surface area contributed by atoms with Gasteiger partial charge in [-0.3, -0.25) is 0 Å². The Balaban J connectivity index is 0.000000467. The molecule has 0 spiro atoms. The number of aryl methyl sites for hydroxylation is 4. The van der Waals surface area contributed by atoms with Gasteiger partial charge in [-0.2, -0.15) is 0 Å². The zero-order chi connectivity index (χ0) is 49.3. The van der Waals surface area contributed by atoms with E-state index in [1.165, 1.54) is 214 Å². The molecule has 0 fully saturated rings. The topological polar surface area (TPSA) is 114 Å². The fourth-order valence-corrected chi connectivity index (χ4v) is 10.9. The van der Waals surface area contributed by atoms with E-state index in [9.17, 15) is 25.9 Å². The van der Waals surface area contributed by atoms with Gasteiger partial charge < -0.3 is 9.11 Å². The van der Waals surface area contributed by atoms with Crippen molar-refractivity contribution in [2.75, 3.05) is 0 Å². The van der Waals surface area contributed by atoms with Crippen LogP contribution < -0.4 is 0 Å². The monoisotopic (exact) mass is 1110 g/mol. The van der Waals surface area contributed by atoms with Crippen LogP contribution in [0.15, 0.2) is 70.5 Å². The standard InChI is InChI=1S/2C30H48O3S.Ba/c2*1-3-5-7-9-11-13-15-17-19-26-21-22-27(20-18-16-14-12-10-8-6-4-2)30-25-28(34(31,32)33)23-24-29(26)30;/h2*21-25H,3-20H2,1-2H3,(H,31,32,33);/q;;+2/p-2. The summed E-state index contributed by atoms with van der Waals surface area (Å²) in [5, 5.41) is 4.15. The number of fused-ring (bicyclic) bond motifs is 2. The van der Waals surface area contributed by atoms with E-state index in [4.69, 9.17) is 0 Å². The zero-order valence-electron chi connectivity index (χ0n) is 44.2. The normalized spacial score (nSPS) is 11.8. The first-order valence-electron chi connectivity index (χ1n) is 27.9. The Bertz CT molecular complexity index is 2030. The summed E-state index contributed by atoms with van der Waals surface area (Å²) in [6, 6.07) is 18.7. The summed E-state index contributed by atoms with van der Waals surface area (Å²) in [5.41, 5.74) is 4.89. The molecule has 0 heterocycles. The van der Waals surface area contributed by atoms with Gasteiger partial charge in [-0.1, -0.05) is 244 Å². The molecule has 6 nitrogen and oxygen atoms in total. The average Bonchev–Trinajstić information content (AvgIpc) is 3.32. The summed E-state index contributed by atoms with van der Waals surface area (Å²) in [6.07, 6.45) is 44.9. The number of hydrogen-bond acceptors (Lipinski definition) is 6. The summed E-state index contributed by atoms with van der Waals surface area (Å²) >= 11 is 0. The minimum absolute atomic E-state index is 0. The SMILES string of the molecule is CCCCCCCCCCc1ccc(CCCCCCCCCC)c2cc(S(=O)(=O)[O-])ccc12.CCCCCCCCCCc1ccc(CCCCCCCCCC)c2cc(S(=O)(=O)[O-])ccc12.[Ba+2]. The van der Waals surface area contributed by atoms with E-state index < -0.39 is 20.2 Å². The maximum absolute atomic E-state index is 11.7. The second-order valence-electron chi connectivity index (χ2n) is 20.0. The second-order valence-corrected chi connectivity index (χ2v) is 22.7. The molecule has 9 heteroatoms. The van der Waals surface area contributed by atoms with Crippen LogP contribution in [0.1, 0.15) is 255 Å². The van der Waals surface area contributed by atoms with Crippen LogP contribution in [0, 0.1) is 0 Å². The molecular formula is C60H94BaO6S2. The molecule has 0 aliphatic heterocycles. The average molecular weight is 1110 g/mol. The van der Waals surface area contributed by atoms with Crippen LogP contribution >= 0.6 is 0 Å². The van der Waals surface area contributed by atoms with E-state index in [2.05, 4.69) is 52.0 Å². The molecule has 0 aliphatic rings. The third-order valence-electron chi connectivity index (χ3n) is 14.1. The fraction of sp³-hybridized carbons (Fsp3) is 0.667. The van der Waals surface area contributed by atoms with Gasteiger partial charge in [-0.05, 0) is 119 Å². The first-order valence-corrected chi connectivity index (χ1v) is 30.8. The number of benzene rings is 4. The van der Waals surface area contributed by atoms with Crippen LogP contribution in [0.5, 0.6) is 0 Å². The van der Waals surface area contributed by atoms with Gasteiger partial charge in [0.2, 0.25) is 0 Å². The molecule has 4 aromatic carbocycles. The number of unbranched alkanes of at least 4 members (excludes halogenated alkanes) is 28. The van der Waals surface area contributed by atoms with E-state index >= 15 is 0 Å². The number of hydrogen-bond donors (Lipinski definition) is 0. The Morgan fingerprint density at radius 2 is 0.493 bits per heavy atom. The maximum atomic E-state index is 11.7. The predicted octanol–water partition coefficient (Wildman–Crippen LogP) is 17.8. The van der Waals surface area contributed by atoms with E-state index in [0.29, 0.717) is 0 Å². The van der Waals surface area contributed by atoms with Crippen molar-refractivity contribution < 1.29 is 25.9 Å². The molecule has 0 saturated heterocycles.